The average molecular weight is 295 g/mol. The van der Waals surface area contributed by atoms with Gasteiger partial charge in [-0.2, -0.15) is 0 Å². The van der Waals surface area contributed by atoms with Crippen LogP contribution in [0.25, 0.3) is 0 Å². The highest BCUT2D eigenvalue weighted by atomic mass is 16.5. The molecule has 0 bridgehead atoms. The van der Waals surface area contributed by atoms with Gasteiger partial charge in [-0.3, -0.25) is 9.59 Å². The van der Waals surface area contributed by atoms with E-state index in [0.29, 0.717) is 24.9 Å². The lowest BCUT2D eigenvalue weighted by atomic mass is 9.79. The largest absolute Gasteiger partial charge is 0.462 e. The first-order valence-electron chi connectivity index (χ1n) is 8.45. The normalized spacial score (nSPS) is 27.7. The Bertz CT molecular complexity index is 372. The molecule has 2 aliphatic rings. The van der Waals surface area contributed by atoms with E-state index in [0.717, 1.165) is 19.3 Å². The Kier molecular flexibility index (Phi) is 5.65. The summed E-state index contributed by atoms with van der Waals surface area (Å²) in [7, 11) is 0. The van der Waals surface area contributed by atoms with Crippen LogP contribution in [0.15, 0.2) is 0 Å². The topological polar surface area (TPSA) is 46.6 Å². The lowest BCUT2D eigenvalue weighted by Crippen LogP contribution is -2.41. The molecule has 1 aliphatic heterocycles. The summed E-state index contributed by atoms with van der Waals surface area (Å²) in [5.74, 6) is 1.14. The van der Waals surface area contributed by atoms with Crippen LogP contribution in [0.4, 0.5) is 0 Å². The molecule has 1 saturated heterocycles. The molecule has 0 aromatic rings. The Morgan fingerprint density at radius 1 is 1.05 bits per heavy atom. The van der Waals surface area contributed by atoms with Crippen LogP contribution in [0.5, 0.6) is 0 Å². The predicted molar refractivity (Wildman–Crippen MR) is 81.7 cm³/mol. The van der Waals surface area contributed by atoms with Gasteiger partial charge in [-0.15, -0.1) is 0 Å². The van der Waals surface area contributed by atoms with E-state index in [4.69, 9.17) is 4.74 Å². The number of amides is 1. The van der Waals surface area contributed by atoms with Crippen LogP contribution in [0.2, 0.25) is 0 Å². The van der Waals surface area contributed by atoms with E-state index < -0.39 is 0 Å². The van der Waals surface area contributed by atoms with E-state index in [1.54, 1.807) is 6.92 Å². The van der Waals surface area contributed by atoms with Crippen molar-refractivity contribution >= 4 is 11.9 Å². The van der Waals surface area contributed by atoms with Crippen LogP contribution in [0.1, 0.15) is 59.3 Å². The van der Waals surface area contributed by atoms with Gasteiger partial charge < -0.3 is 9.64 Å². The molecule has 0 spiro atoms. The third-order valence-corrected chi connectivity index (χ3v) is 5.15. The van der Waals surface area contributed by atoms with Crippen molar-refractivity contribution in [1.82, 2.24) is 4.90 Å². The maximum absolute atomic E-state index is 12.4. The summed E-state index contributed by atoms with van der Waals surface area (Å²) in [6, 6.07) is 0. The first kappa shape index (κ1) is 16.3. The number of carbonyl (C=O) groups excluding carboxylic acids is 2. The maximum Gasteiger partial charge on any atom is 0.309 e. The third-order valence-electron chi connectivity index (χ3n) is 5.15. The Morgan fingerprint density at radius 3 is 2.24 bits per heavy atom. The highest BCUT2D eigenvalue weighted by Gasteiger charge is 2.33. The van der Waals surface area contributed by atoms with E-state index in [2.05, 4.69) is 13.8 Å². The van der Waals surface area contributed by atoms with Crippen molar-refractivity contribution in [2.24, 2.45) is 17.8 Å². The van der Waals surface area contributed by atoms with Gasteiger partial charge in [-0.1, -0.05) is 20.3 Å². The number of piperidine rings is 1. The van der Waals surface area contributed by atoms with Crippen molar-refractivity contribution in [3.63, 3.8) is 0 Å². The fraction of sp³-hybridized carbons (Fsp3) is 0.882. The van der Waals surface area contributed by atoms with Crippen molar-refractivity contribution < 1.29 is 14.3 Å². The van der Waals surface area contributed by atoms with Gasteiger partial charge in [-0.05, 0) is 43.9 Å². The molecule has 1 amide bonds. The molecule has 120 valence electrons. The summed E-state index contributed by atoms with van der Waals surface area (Å²) in [4.78, 5) is 25.5. The maximum atomic E-state index is 12.4. The minimum atomic E-state index is -0.0317. The molecule has 0 aromatic heterocycles. The molecule has 2 fully saturated rings. The predicted octanol–water partition coefficient (Wildman–Crippen LogP) is 3.00. The summed E-state index contributed by atoms with van der Waals surface area (Å²) in [5.41, 5.74) is 0. The van der Waals surface area contributed by atoms with Crippen LogP contribution in [-0.4, -0.2) is 36.0 Å². The molecule has 2 rings (SSSR count). The van der Waals surface area contributed by atoms with Gasteiger partial charge in [0.1, 0.15) is 6.10 Å². The first-order chi connectivity index (χ1) is 9.99. The summed E-state index contributed by atoms with van der Waals surface area (Å²) in [5, 5.41) is 0. The Hall–Kier alpha value is -1.06. The smallest absolute Gasteiger partial charge is 0.309 e. The number of nitrogens with zero attached hydrogens (tertiary/aromatic N) is 1. The highest BCUT2D eigenvalue weighted by molar-refractivity contribution is 5.75. The number of likely N-dealkylation sites (tertiary alicyclic amines) is 1. The zero-order valence-corrected chi connectivity index (χ0v) is 13.6. The molecule has 4 heteroatoms. The van der Waals surface area contributed by atoms with Crippen molar-refractivity contribution in [2.45, 2.75) is 65.4 Å². The molecule has 1 saturated carbocycles. The highest BCUT2D eigenvalue weighted by Crippen LogP contribution is 2.33. The zero-order valence-electron chi connectivity index (χ0n) is 13.6. The minimum Gasteiger partial charge on any atom is -0.462 e. The molecule has 0 aromatic carbocycles. The fourth-order valence-corrected chi connectivity index (χ4v) is 3.71. The van der Waals surface area contributed by atoms with Crippen molar-refractivity contribution in [1.29, 1.82) is 0 Å². The zero-order chi connectivity index (χ0) is 15.4. The SMILES string of the molecule is CC(=O)N1CCC(C(=O)O[C@H]2CCCC[C@@H]2C(C)C)CC1. The number of ether oxygens (including phenoxy) is 1. The van der Waals surface area contributed by atoms with Gasteiger partial charge in [0, 0.05) is 20.0 Å². The van der Waals surface area contributed by atoms with Crippen LogP contribution < -0.4 is 0 Å². The van der Waals surface area contributed by atoms with Crippen LogP contribution in [0, 0.1) is 17.8 Å². The Balaban J connectivity index is 1.85. The van der Waals surface area contributed by atoms with Gasteiger partial charge in [0.25, 0.3) is 0 Å². The van der Waals surface area contributed by atoms with Gasteiger partial charge in [-0.25, -0.2) is 0 Å². The number of rotatable bonds is 3. The lowest BCUT2D eigenvalue weighted by Gasteiger charge is -2.36. The van der Waals surface area contributed by atoms with E-state index in [1.165, 1.54) is 19.3 Å². The van der Waals surface area contributed by atoms with Crippen LogP contribution in [-0.2, 0) is 14.3 Å². The standard InChI is InChI=1S/C17H29NO3/c1-12(2)15-6-4-5-7-16(15)21-17(20)14-8-10-18(11-9-14)13(3)19/h12,14-16H,4-11H2,1-3H3/t15-,16+/m1/s1. The summed E-state index contributed by atoms with van der Waals surface area (Å²) in [6.07, 6.45) is 6.23. The summed E-state index contributed by atoms with van der Waals surface area (Å²) < 4.78 is 5.86. The summed E-state index contributed by atoms with van der Waals surface area (Å²) >= 11 is 0. The van der Waals surface area contributed by atoms with Crippen LogP contribution in [0.3, 0.4) is 0 Å². The van der Waals surface area contributed by atoms with Gasteiger partial charge in [0.15, 0.2) is 0 Å². The molecule has 0 N–H and O–H groups in total. The Labute approximate surface area is 128 Å². The van der Waals surface area contributed by atoms with Crippen molar-refractivity contribution in [3.05, 3.63) is 0 Å². The molecule has 1 aliphatic carbocycles. The van der Waals surface area contributed by atoms with E-state index >= 15 is 0 Å². The molecular formula is C17H29NO3. The van der Waals surface area contributed by atoms with E-state index in [1.807, 2.05) is 4.90 Å². The van der Waals surface area contributed by atoms with E-state index in [9.17, 15) is 9.59 Å². The number of hydrogen-bond acceptors (Lipinski definition) is 3. The van der Waals surface area contributed by atoms with Crippen LogP contribution >= 0.6 is 0 Å². The van der Waals surface area contributed by atoms with Gasteiger partial charge >= 0.3 is 5.97 Å². The number of hydrogen-bond donors (Lipinski definition) is 0. The number of carbonyl (C=O) groups is 2. The average Bonchev–Trinajstić information content (AvgIpc) is 2.47. The number of esters is 1. The monoisotopic (exact) mass is 295 g/mol. The Morgan fingerprint density at radius 2 is 1.67 bits per heavy atom. The minimum absolute atomic E-state index is 0.0182. The molecular weight excluding hydrogens is 266 g/mol. The van der Waals surface area contributed by atoms with Gasteiger partial charge in [0.05, 0.1) is 5.92 Å². The fourth-order valence-electron chi connectivity index (χ4n) is 3.71. The van der Waals surface area contributed by atoms with E-state index in [-0.39, 0.29) is 23.9 Å². The quantitative estimate of drug-likeness (QED) is 0.752. The second-order valence-corrected chi connectivity index (χ2v) is 6.95. The second-order valence-electron chi connectivity index (χ2n) is 6.95. The first-order valence-corrected chi connectivity index (χ1v) is 8.45. The van der Waals surface area contributed by atoms with Crippen molar-refractivity contribution in [2.75, 3.05) is 13.1 Å². The summed E-state index contributed by atoms with van der Waals surface area (Å²) in [6.45, 7) is 7.42. The molecule has 0 radical (unpaired) electrons. The molecule has 21 heavy (non-hydrogen) atoms. The molecule has 2 atom stereocenters. The second kappa shape index (κ2) is 7.28. The molecule has 0 unspecified atom stereocenters. The lowest BCUT2D eigenvalue weighted by molar-refractivity contribution is -0.162. The molecule has 4 nitrogen and oxygen atoms in total. The third kappa shape index (κ3) is 4.21. The van der Waals surface area contributed by atoms with Gasteiger partial charge in [0.2, 0.25) is 5.91 Å². The molecule has 1 heterocycles. The van der Waals surface area contributed by atoms with Crippen molar-refractivity contribution in [3.8, 4) is 0 Å².